The van der Waals surface area contributed by atoms with E-state index in [0.717, 1.165) is 5.39 Å². The lowest BCUT2D eigenvalue weighted by Crippen LogP contribution is -2.26. The van der Waals surface area contributed by atoms with Crippen molar-refractivity contribution in [3.63, 3.8) is 0 Å². The number of esters is 1. The molecule has 1 N–H and O–H groups in total. The molecule has 2 aliphatic rings. The van der Waals surface area contributed by atoms with Crippen LogP contribution in [0.3, 0.4) is 0 Å². The van der Waals surface area contributed by atoms with Gasteiger partial charge in [0, 0.05) is 29.2 Å². The van der Waals surface area contributed by atoms with Crippen LogP contribution in [0.1, 0.15) is 45.3 Å². The zero-order valence-electron chi connectivity index (χ0n) is 18.8. The number of ketones is 1. The van der Waals surface area contributed by atoms with Crippen molar-refractivity contribution >= 4 is 28.7 Å². The minimum Gasteiger partial charge on any atom is -0.497 e. The number of hydrogen-bond acceptors (Lipinski definition) is 7. The van der Waals surface area contributed by atoms with Gasteiger partial charge in [-0.05, 0) is 54.8 Å². The van der Waals surface area contributed by atoms with E-state index in [1.165, 1.54) is 6.08 Å². The molecule has 0 bridgehead atoms. The Morgan fingerprint density at radius 3 is 2.66 bits per heavy atom. The first-order chi connectivity index (χ1) is 16.9. The first-order valence-corrected chi connectivity index (χ1v) is 11.0. The maximum Gasteiger partial charge on any atom is 0.312 e. The van der Waals surface area contributed by atoms with Gasteiger partial charge in [-0.15, -0.1) is 0 Å². The minimum absolute atomic E-state index is 0.0673. The summed E-state index contributed by atoms with van der Waals surface area (Å²) in [5, 5.41) is 0.777. The average Bonchev–Trinajstić information content (AvgIpc) is 3.39. The third-order valence-corrected chi connectivity index (χ3v) is 6.27. The number of methoxy groups -OCH3 is 1. The van der Waals surface area contributed by atoms with Crippen LogP contribution in [-0.2, 0) is 4.79 Å². The molecule has 0 saturated carbocycles. The number of Topliss-reactive ketones (excluding diaryl/α,β-unsaturated/α-hetero) is 1. The molecule has 0 aliphatic carbocycles. The number of pyridine rings is 1. The number of hydrogen-bond donors (Lipinski definition) is 1. The van der Waals surface area contributed by atoms with E-state index < -0.39 is 11.9 Å². The first-order valence-electron chi connectivity index (χ1n) is 11.0. The number of aromatic nitrogens is 1. The highest BCUT2D eigenvalue weighted by Crippen LogP contribution is 2.48. The maximum atomic E-state index is 13.1. The van der Waals surface area contributed by atoms with Gasteiger partial charge in [0.2, 0.25) is 5.78 Å². The van der Waals surface area contributed by atoms with Gasteiger partial charge in [-0.1, -0.05) is 0 Å². The van der Waals surface area contributed by atoms with Crippen molar-refractivity contribution in [2.45, 2.75) is 19.3 Å². The van der Waals surface area contributed by atoms with Crippen LogP contribution >= 0.6 is 0 Å². The van der Waals surface area contributed by atoms with Crippen molar-refractivity contribution in [3.8, 4) is 17.2 Å². The molecule has 1 unspecified atom stereocenters. The molecule has 4 aromatic rings. The number of nitrogens with one attached hydrogen (secondary N) is 1. The van der Waals surface area contributed by atoms with Crippen LogP contribution in [0.25, 0.3) is 17.0 Å². The Labute approximate surface area is 198 Å². The van der Waals surface area contributed by atoms with E-state index in [0.29, 0.717) is 39.5 Å². The molecule has 2 aromatic heterocycles. The van der Waals surface area contributed by atoms with Crippen molar-refractivity contribution in [1.29, 1.82) is 0 Å². The summed E-state index contributed by atoms with van der Waals surface area (Å²) in [5.41, 5.74) is 1.47. The van der Waals surface area contributed by atoms with Crippen LogP contribution in [0.15, 0.2) is 63.5 Å². The number of ether oxygens (including phenoxy) is 3. The molecule has 0 saturated heterocycles. The topological polar surface area (TPSA) is 108 Å². The molecular formula is C27H19NO7. The van der Waals surface area contributed by atoms with Crippen LogP contribution < -0.4 is 19.8 Å². The van der Waals surface area contributed by atoms with Gasteiger partial charge in [0.15, 0.2) is 5.76 Å². The molecule has 35 heavy (non-hydrogen) atoms. The van der Waals surface area contributed by atoms with E-state index in [1.54, 1.807) is 56.5 Å². The molecule has 0 radical (unpaired) electrons. The fraction of sp³-hybridized carbons (Fsp3) is 0.148. The van der Waals surface area contributed by atoms with E-state index in [1.807, 2.05) is 6.07 Å². The van der Waals surface area contributed by atoms with Crippen molar-refractivity contribution in [2.24, 2.45) is 0 Å². The van der Waals surface area contributed by atoms with Gasteiger partial charge in [0.1, 0.15) is 28.8 Å². The Bertz CT molecular complexity index is 1640. The van der Waals surface area contributed by atoms with E-state index in [2.05, 4.69) is 4.98 Å². The minimum atomic E-state index is -0.658. The third-order valence-electron chi connectivity index (χ3n) is 6.27. The summed E-state index contributed by atoms with van der Waals surface area (Å²) in [6.45, 7) is 1.81. The van der Waals surface area contributed by atoms with Crippen LogP contribution in [-0.4, -0.2) is 23.8 Å². The fourth-order valence-corrected chi connectivity index (χ4v) is 4.61. The SMILES string of the molecule is COc1ccc2cc(C3CC(=O)Oc4ccc5c(c43)O/C(=C\c3ccc(C)o3)C5=O)c(=O)[nH]c2c1. The lowest BCUT2D eigenvalue weighted by atomic mass is 9.85. The van der Waals surface area contributed by atoms with Crippen molar-refractivity contribution < 1.29 is 28.2 Å². The second-order valence-electron chi connectivity index (χ2n) is 8.48. The van der Waals surface area contributed by atoms with Gasteiger partial charge in [-0.25, -0.2) is 0 Å². The first kappa shape index (κ1) is 21.0. The zero-order valence-corrected chi connectivity index (χ0v) is 18.8. The normalized spacial score (nSPS) is 17.8. The predicted octanol–water partition coefficient (Wildman–Crippen LogP) is 4.50. The molecular weight excluding hydrogens is 450 g/mol. The van der Waals surface area contributed by atoms with Gasteiger partial charge in [-0.3, -0.25) is 14.4 Å². The number of rotatable bonds is 3. The Balaban J connectivity index is 1.49. The number of benzene rings is 2. The van der Waals surface area contributed by atoms with Crippen molar-refractivity contribution in [2.75, 3.05) is 7.11 Å². The second-order valence-corrected chi connectivity index (χ2v) is 8.48. The van der Waals surface area contributed by atoms with E-state index in [4.69, 9.17) is 18.6 Å². The lowest BCUT2D eigenvalue weighted by molar-refractivity contribution is -0.135. The van der Waals surface area contributed by atoms with Crippen LogP contribution in [0.5, 0.6) is 17.2 Å². The molecule has 8 heteroatoms. The lowest BCUT2D eigenvalue weighted by Gasteiger charge is -2.26. The Kier molecular flexibility index (Phi) is 4.63. The monoisotopic (exact) mass is 469 g/mol. The number of aromatic amines is 1. The van der Waals surface area contributed by atoms with E-state index in [-0.39, 0.29) is 35.0 Å². The molecule has 1 atom stereocenters. The summed E-state index contributed by atoms with van der Waals surface area (Å²) in [4.78, 5) is 41.6. The van der Waals surface area contributed by atoms with E-state index in [9.17, 15) is 14.4 Å². The fourth-order valence-electron chi connectivity index (χ4n) is 4.61. The number of allylic oxidation sites excluding steroid dienone is 1. The zero-order chi connectivity index (χ0) is 24.3. The van der Waals surface area contributed by atoms with Crippen LogP contribution in [0.4, 0.5) is 0 Å². The van der Waals surface area contributed by atoms with Gasteiger partial charge < -0.3 is 23.6 Å². The second kappa shape index (κ2) is 7.73. The molecule has 4 heterocycles. The number of aryl methyl sites for hydroxylation is 1. The Morgan fingerprint density at radius 1 is 1.03 bits per heavy atom. The van der Waals surface area contributed by atoms with Crippen molar-refractivity contribution in [3.05, 3.63) is 92.9 Å². The molecule has 8 nitrogen and oxygen atoms in total. The van der Waals surface area contributed by atoms with Crippen LogP contribution in [0, 0.1) is 6.92 Å². The predicted molar refractivity (Wildman–Crippen MR) is 126 cm³/mol. The summed E-state index contributed by atoms with van der Waals surface area (Å²) < 4.78 is 22.3. The molecule has 2 aromatic carbocycles. The number of furan rings is 1. The van der Waals surface area contributed by atoms with Gasteiger partial charge in [-0.2, -0.15) is 0 Å². The molecule has 174 valence electrons. The standard InChI is InChI=1S/C27H19NO7/c1-13-3-5-16(33-13)11-22-25(30)17-7-8-21-24(26(17)35-22)18(12-23(29)34-21)19-9-14-4-6-15(32-2)10-20(14)28-27(19)31/h3-11,18H,12H2,1-2H3,(H,28,31)/b22-11-. The summed E-state index contributed by atoms with van der Waals surface area (Å²) in [5.74, 6) is 1.01. The average molecular weight is 469 g/mol. The van der Waals surface area contributed by atoms with Crippen molar-refractivity contribution in [1.82, 2.24) is 4.98 Å². The largest absolute Gasteiger partial charge is 0.497 e. The smallest absolute Gasteiger partial charge is 0.312 e. The van der Waals surface area contributed by atoms with E-state index >= 15 is 0 Å². The molecule has 0 amide bonds. The number of carbonyl (C=O) groups excluding carboxylic acids is 2. The quantitative estimate of drug-likeness (QED) is 0.267. The van der Waals surface area contributed by atoms with Crippen LogP contribution in [0.2, 0.25) is 0 Å². The summed E-state index contributed by atoms with van der Waals surface area (Å²) in [6, 6.07) is 13.8. The van der Waals surface area contributed by atoms with Gasteiger partial charge >= 0.3 is 5.97 Å². The molecule has 0 fully saturated rings. The summed E-state index contributed by atoms with van der Waals surface area (Å²) in [7, 11) is 1.55. The Hall–Kier alpha value is -4.59. The third kappa shape index (κ3) is 3.42. The molecule has 0 spiro atoms. The van der Waals surface area contributed by atoms with Gasteiger partial charge in [0.25, 0.3) is 5.56 Å². The Morgan fingerprint density at radius 2 is 1.89 bits per heavy atom. The molecule has 2 aliphatic heterocycles. The number of fused-ring (bicyclic) bond motifs is 4. The summed E-state index contributed by atoms with van der Waals surface area (Å²) in [6.07, 6.45) is 1.46. The van der Waals surface area contributed by atoms with Gasteiger partial charge in [0.05, 0.1) is 24.6 Å². The molecule has 6 rings (SSSR count). The maximum absolute atomic E-state index is 13.1. The number of carbonyl (C=O) groups is 2. The highest BCUT2D eigenvalue weighted by Gasteiger charge is 2.39. The highest BCUT2D eigenvalue weighted by molar-refractivity contribution is 6.15. The summed E-state index contributed by atoms with van der Waals surface area (Å²) >= 11 is 0. The number of H-pyrrole nitrogens is 1. The highest BCUT2D eigenvalue weighted by atomic mass is 16.5.